The molecule has 1 amide bonds. The molecular formula is C34H38F3N3O4S. The van der Waals surface area contributed by atoms with Crippen molar-refractivity contribution in [2.24, 2.45) is 11.1 Å². The molecule has 0 bridgehead atoms. The maximum Gasteiger partial charge on any atom is 0.417 e. The zero-order chi connectivity index (χ0) is 33.2. The van der Waals surface area contributed by atoms with Crippen LogP contribution in [0.4, 0.5) is 13.2 Å². The number of thioether (sulfide) groups is 1. The number of pyridine rings is 1. The Labute approximate surface area is 265 Å². The second-order valence-corrected chi connectivity index (χ2v) is 13.9. The van der Waals surface area contributed by atoms with E-state index in [0.29, 0.717) is 42.8 Å². The van der Waals surface area contributed by atoms with Gasteiger partial charge in [-0.1, -0.05) is 58.9 Å². The van der Waals surface area contributed by atoms with Gasteiger partial charge in [-0.25, -0.2) is 0 Å². The summed E-state index contributed by atoms with van der Waals surface area (Å²) in [6.45, 7) is 10.2. The first kappa shape index (κ1) is 33.9. The van der Waals surface area contributed by atoms with Gasteiger partial charge < -0.3 is 20.1 Å². The third-order valence-electron chi connectivity index (χ3n) is 7.87. The molecule has 11 heteroatoms. The Morgan fingerprint density at radius 1 is 1.00 bits per heavy atom. The molecule has 4 aromatic rings. The van der Waals surface area contributed by atoms with Crippen molar-refractivity contribution in [3.05, 3.63) is 77.6 Å². The molecule has 0 fully saturated rings. The molecule has 0 atom stereocenters. The summed E-state index contributed by atoms with van der Waals surface area (Å²) in [5, 5.41) is 11.3. The van der Waals surface area contributed by atoms with Crippen molar-refractivity contribution in [3.8, 4) is 17.0 Å². The average Bonchev–Trinajstić information content (AvgIpc) is 3.24. The van der Waals surface area contributed by atoms with Crippen LogP contribution in [0.1, 0.15) is 64.3 Å². The molecule has 0 aliphatic carbocycles. The number of carboxylic acids is 1. The van der Waals surface area contributed by atoms with Crippen molar-refractivity contribution >= 4 is 34.5 Å². The van der Waals surface area contributed by atoms with Crippen LogP contribution in [0.15, 0.2) is 65.7 Å². The lowest BCUT2D eigenvalue weighted by molar-refractivity contribution is -0.149. The first-order chi connectivity index (χ1) is 21.1. The lowest BCUT2D eigenvalue weighted by atomic mass is 9.78. The van der Waals surface area contributed by atoms with E-state index in [1.807, 2.05) is 50.2 Å². The van der Waals surface area contributed by atoms with E-state index in [1.54, 1.807) is 17.8 Å². The van der Waals surface area contributed by atoms with E-state index in [-0.39, 0.29) is 11.4 Å². The lowest BCUT2D eigenvalue weighted by Gasteiger charge is -2.29. The van der Waals surface area contributed by atoms with E-state index in [0.717, 1.165) is 39.3 Å². The van der Waals surface area contributed by atoms with Gasteiger partial charge in [0.15, 0.2) is 6.61 Å². The van der Waals surface area contributed by atoms with Gasteiger partial charge in [0.05, 0.1) is 16.7 Å². The van der Waals surface area contributed by atoms with Gasteiger partial charge in [0.25, 0.3) is 5.91 Å². The third kappa shape index (κ3) is 7.81. The van der Waals surface area contributed by atoms with Crippen LogP contribution in [0.3, 0.4) is 0 Å². The lowest BCUT2D eigenvalue weighted by Crippen LogP contribution is -2.33. The number of ether oxygens (including phenoxy) is 1. The molecule has 4 rings (SSSR count). The van der Waals surface area contributed by atoms with Crippen molar-refractivity contribution < 1.29 is 32.6 Å². The minimum Gasteiger partial charge on any atom is -0.484 e. The number of benzene rings is 2. The molecule has 45 heavy (non-hydrogen) atoms. The van der Waals surface area contributed by atoms with Gasteiger partial charge >= 0.3 is 12.1 Å². The second-order valence-electron chi connectivity index (χ2n) is 12.1. The summed E-state index contributed by atoms with van der Waals surface area (Å²) < 4.78 is 46.6. The molecule has 0 saturated heterocycles. The molecule has 2 heterocycles. The molecule has 240 valence electrons. The highest BCUT2D eigenvalue weighted by Gasteiger charge is 2.38. The Morgan fingerprint density at radius 3 is 2.18 bits per heavy atom. The average molecular weight is 642 g/mol. The van der Waals surface area contributed by atoms with Crippen LogP contribution in [0.2, 0.25) is 0 Å². The molecule has 2 aromatic heterocycles. The molecule has 0 spiro atoms. The highest BCUT2D eigenvalue weighted by atomic mass is 32.2. The number of nitrogens with two attached hydrogens (primary N) is 1. The number of halogens is 3. The Bertz CT molecular complexity index is 1670. The van der Waals surface area contributed by atoms with Gasteiger partial charge in [-0.3, -0.25) is 14.6 Å². The fraction of sp³-hybridized carbons (Fsp3) is 0.382. The van der Waals surface area contributed by atoms with E-state index < -0.39 is 29.0 Å². The molecule has 0 saturated carbocycles. The molecule has 2 aromatic carbocycles. The van der Waals surface area contributed by atoms with Gasteiger partial charge in [0.2, 0.25) is 0 Å². The third-order valence-corrected chi connectivity index (χ3v) is 9.15. The SMILES string of the molecule is CCC(CC)(Cc1c(SC(C)(C)C)c2cc(OCC(N)=O)ccc2n1Cc1ccc(-c2ccc(C(F)(F)F)cn2)cc1)C(=O)O. The van der Waals surface area contributed by atoms with Gasteiger partial charge in [-0.05, 0) is 48.7 Å². The number of primary amides is 1. The summed E-state index contributed by atoms with van der Waals surface area (Å²) in [6, 6.07) is 15.3. The van der Waals surface area contributed by atoms with Gasteiger partial charge in [-0.15, -0.1) is 11.8 Å². The number of rotatable bonds is 12. The van der Waals surface area contributed by atoms with E-state index >= 15 is 0 Å². The van der Waals surface area contributed by atoms with Crippen LogP contribution in [0, 0.1) is 5.41 Å². The summed E-state index contributed by atoms with van der Waals surface area (Å²) in [5.41, 5.74) is 7.29. The summed E-state index contributed by atoms with van der Waals surface area (Å²) in [6.07, 6.45) is -2.44. The second kappa shape index (κ2) is 13.2. The maximum atomic E-state index is 13.0. The smallest absolute Gasteiger partial charge is 0.417 e. The van der Waals surface area contributed by atoms with Crippen LogP contribution >= 0.6 is 11.8 Å². The normalized spacial score (nSPS) is 12.4. The predicted octanol–water partition coefficient (Wildman–Crippen LogP) is 7.96. The van der Waals surface area contributed by atoms with E-state index in [9.17, 15) is 27.9 Å². The van der Waals surface area contributed by atoms with Crippen LogP contribution < -0.4 is 10.5 Å². The molecule has 0 unspecified atom stereocenters. The standard InChI is InChI=1S/C34H38F3N3O4S/c1-6-33(7-2,31(42)43)17-28-30(45-32(3,4)5)25-16-24(44-20-29(38)41)13-15-27(25)40(28)19-21-8-10-22(11-9-21)26-14-12-23(18-39-26)34(35,36)37/h8-16,18H,6-7,17,19-20H2,1-5H3,(H2,38,41)(H,42,43). The van der Waals surface area contributed by atoms with Gasteiger partial charge in [0, 0.05) is 51.0 Å². The van der Waals surface area contributed by atoms with Crippen molar-refractivity contribution in [1.29, 1.82) is 0 Å². The number of hydrogen-bond acceptors (Lipinski definition) is 5. The van der Waals surface area contributed by atoms with Crippen LogP contribution in [-0.4, -0.2) is 37.9 Å². The van der Waals surface area contributed by atoms with Crippen LogP contribution in [-0.2, 0) is 28.7 Å². The number of fused-ring (bicyclic) bond motifs is 1. The fourth-order valence-electron chi connectivity index (χ4n) is 5.27. The van der Waals surface area contributed by atoms with Gasteiger partial charge in [0.1, 0.15) is 5.75 Å². The van der Waals surface area contributed by atoms with Crippen molar-refractivity contribution in [1.82, 2.24) is 9.55 Å². The predicted molar refractivity (Wildman–Crippen MR) is 170 cm³/mol. The number of aromatic nitrogens is 2. The van der Waals surface area contributed by atoms with Crippen LogP contribution in [0.5, 0.6) is 5.75 Å². The highest BCUT2D eigenvalue weighted by molar-refractivity contribution is 8.00. The summed E-state index contributed by atoms with van der Waals surface area (Å²) in [5.74, 6) is -0.968. The minimum atomic E-state index is -4.46. The molecule has 0 radical (unpaired) electrons. The van der Waals surface area contributed by atoms with Gasteiger partial charge in [-0.2, -0.15) is 13.2 Å². The number of aliphatic carboxylic acids is 1. The number of carbonyl (C=O) groups is 2. The summed E-state index contributed by atoms with van der Waals surface area (Å²) in [4.78, 5) is 29.0. The fourth-order valence-corrected chi connectivity index (χ4v) is 6.46. The Balaban J connectivity index is 1.83. The quantitative estimate of drug-likeness (QED) is 0.152. The first-order valence-corrected chi connectivity index (χ1v) is 15.5. The Hall–Kier alpha value is -3.99. The maximum absolute atomic E-state index is 13.0. The molecule has 0 aliphatic heterocycles. The van der Waals surface area contributed by atoms with E-state index in [4.69, 9.17) is 10.5 Å². The number of hydrogen-bond donors (Lipinski definition) is 2. The first-order valence-electron chi connectivity index (χ1n) is 14.7. The number of carboxylic acid groups (broad SMARTS) is 1. The number of carbonyl (C=O) groups excluding carboxylic acids is 1. The monoisotopic (exact) mass is 641 g/mol. The Kier molecular flexibility index (Phi) is 9.91. The highest BCUT2D eigenvalue weighted by Crippen LogP contribution is 2.45. The number of amides is 1. The molecule has 7 nitrogen and oxygen atoms in total. The Morgan fingerprint density at radius 2 is 1.67 bits per heavy atom. The molecule has 0 aliphatic rings. The van der Waals surface area contributed by atoms with Crippen molar-refractivity contribution in [2.75, 3.05) is 6.61 Å². The number of nitrogens with zero attached hydrogens (tertiary/aromatic N) is 2. The summed E-state index contributed by atoms with van der Waals surface area (Å²) >= 11 is 1.65. The van der Waals surface area contributed by atoms with Crippen molar-refractivity contribution in [2.45, 2.75) is 76.2 Å². The summed E-state index contributed by atoms with van der Waals surface area (Å²) in [7, 11) is 0. The minimum absolute atomic E-state index is 0.210. The molecule has 3 N–H and O–H groups in total. The zero-order valence-electron chi connectivity index (χ0n) is 26.0. The van der Waals surface area contributed by atoms with Crippen molar-refractivity contribution in [3.63, 3.8) is 0 Å². The topological polar surface area (TPSA) is 107 Å². The van der Waals surface area contributed by atoms with Crippen LogP contribution in [0.25, 0.3) is 22.2 Å². The van der Waals surface area contributed by atoms with E-state index in [2.05, 4.69) is 30.3 Å². The molecular weight excluding hydrogens is 603 g/mol. The van der Waals surface area contributed by atoms with E-state index in [1.165, 1.54) is 6.07 Å². The zero-order valence-corrected chi connectivity index (χ0v) is 26.8. The number of alkyl halides is 3. The largest absolute Gasteiger partial charge is 0.484 e.